The van der Waals surface area contributed by atoms with E-state index in [1.54, 1.807) is 31.4 Å². The van der Waals surface area contributed by atoms with Gasteiger partial charge in [-0.3, -0.25) is 25.0 Å². The van der Waals surface area contributed by atoms with Gasteiger partial charge >= 0.3 is 5.69 Å². The molecule has 0 fully saturated rings. The minimum Gasteiger partial charge on any atom is -0.497 e. The third-order valence-electron chi connectivity index (χ3n) is 5.05. The summed E-state index contributed by atoms with van der Waals surface area (Å²) in [4.78, 5) is 33.3. The van der Waals surface area contributed by atoms with Crippen LogP contribution >= 0.6 is 0 Å². The van der Waals surface area contributed by atoms with Crippen molar-refractivity contribution >= 4 is 23.4 Å². The molecule has 0 aliphatic rings. The number of nitro groups is 2. The Morgan fingerprint density at radius 2 is 1.65 bits per heavy atom. The molecule has 1 amide bonds. The summed E-state index contributed by atoms with van der Waals surface area (Å²) < 4.78 is 16.0. The van der Waals surface area contributed by atoms with Crippen molar-refractivity contribution in [1.29, 1.82) is 5.26 Å². The normalized spacial score (nSPS) is 10.7. The molecule has 0 saturated heterocycles. The molecule has 1 N–H and O–H groups in total. The zero-order chi connectivity index (χ0) is 26.9. The number of nitro benzene ring substituents is 2. The molecule has 0 atom stereocenters. The van der Waals surface area contributed by atoms with Crippen molar-refractivity contribution in [3.63, 3.8) is 0 Å². The number of benzene rings is 3. The van der Waals surface area contributed by atoms with Crippen LogP contribution in [0.3, 0.4) is 0 Å². The molecule has 37 heavy (non-hydrogen) atoms. The Morgan fingerprint density at radius 3 is 2.24 bits per heavy atom. The average molecular weight is 504 g/mol. The standard InChI is InChI=1S/C25H20N4O8/c1-35-20-7-3-16(4-8-20)15-27-25(30)18(14-26)11-17-5-9-23(24(12-17)36-2)37-22-10-6-19(28(31)32)13-21(22)29(33)34/h3-13H,15H2,1-2H3,(H,27,30)/b18-11-. The number of hydrogen-bond donors (Lipinski definition) is 1. The van der Waals surface area contributed by atoms with E-state index in [1.807, 2.05) is 6.07 Å². The van der Waals surface area contributed by atoms with Gasteiger partial charge in [-0.25, -0.2) is 0 Å². The Morgan fingerprint density at radius 1 is 0.946 bits per heavy atom. The number of rotatable bonds is 10. The van der Waals surface area contributed by atoms with Gasteiger partial charge in [0.25, 0.3) is 11.6 Å². The summed E-state index contributed by atoms with van der Waals surface area (Å²) in [6.45, 7) is 0.200. The van der Waals surface area contributed by atoms with E-state index in [0.717, 1.165) is 23.8 Å². The van der Waals surface area contributed by atoms with Crippen LogP contribution in [0.4, 0.5) is 11.4 Å². The topological polar surface area (TPSA) is 167 Å². The number of nitrogens with zero attached hydrogens (tertiary/aromatic N) is 3. The molecule has 0 radical (unpaired) electrons. The Kier molecular flexibility index (Phi) is 8.35. The number of amides is 1. The lowest BCUT2D eigenvalue weighted by atomic mass is 10.1. The number of methoxy groups -OCH3 is 2. The fourth-order valence-electron chi connectivity index (χ4n) is 3.16. The zero-order valence-corrected chi connectivity index (χ0v) is 19.7. The van der Waals surface area contributed by atoms with E-state index < -0.39 is 27.1 Å². The fourth-order valence-corrected chi connectivity index (χ4v) is 3.16. The SMILES string of the molecule is COc1ccc(CNC(=O)/C(C#N)=C\c2ccc(Oc3ccc([N+](=O)[O-])cc3[N+](=O)[O-])c(OC)c2)cc1. The molecule has 0 saturated carbocycles. The van der Waals surface area contributed by atoms with Crippen molar-refractivity contribution in [2.75, 3.05) is 14.2 Å². The monoisotopic (exact) mass is 504 g/mol. The van der Waals surface area contributed by atoms with Crippen LogP contribution < -0.4 is 19.5 Å². The summed E-state index contributed by atoms with van der Waals surface area (Å²) in [5, 5.41) is 34.5. The van der Waals surface area contributed by atoms with Gasteiger partial charge in [0.1, 0.15) is 17.4 Å². The number of carbonyl (C=O) groups excluding carboxylic acids is 1. The molecule has 3 aromatic rings. The maximum atomic E-state index is 12.5. The lowest BCUT2D eigenvalue weighted by Gasteiger charge is -2.11. The van der Waals surface area contributed by atoms with Gasteiger partial charge in [0.15, 0.2) is 11.5 Å². The minimum atomic E-state index is -0.796. The first-order chi connectivity index (χ1) is 17.7. The quantitative estimate of drug-likeness (QED) is 0.180. The largest absolute Gasteiger partial charge is 0.497 e. The number of non-ortho nitro benzene ring substituents is 1. The predicted molar refractivity (Wildman–Crippen MR) is 131 cm³/mol. The molecular weight excluding hydrogens is 484 g/mol. The van der Waals surface area contributed by atoms with Gasteiger partial charge in [-0.2, -0.15) is 5.26 Å². The fraction of sp³-hybridized carbons (Fsp3) is 0.120. The summed E-state index contributed by atoms with van der Waals surface area (Å²) in [5.74, 6) is 0.0978. The van der Waals surface area contributed by atoms with Crippen LogP contribution in [0.5, 0.6) is 23.0 Å². The smallest absolute Gasteiger partial charge is 0.318 e. The van der Waals surface area contributed by atoms with Gasteiger partial charge in [-0.1, -0.05) is 18.2 Å². The summed E-state index contributed by atoms with van der Waals surface area (Å²) in [5.41, 5.74) is 0.0325. The van der Waals surface area contributed by atoms with Crippen LogP contribution in [0.1, 0.15) is 11.1 Å². The first kappa shape index (κ1) is 26.2. The van der Waals surface area contributed by atoms with Gasteiger partial charge in [0.2, 0.25) is 5.75 Å². The van der Waals surface area contributed by atoms with Gasteiger partial charge < -0.3 is 19.5 Å². The van der Waals surface area contributed by atoms with Crippen LogP contribution in [0.2, 0.25) is 0 Å². The Bertz CT molecular complexity index is 1410. The maximum Gasteiger partial charge on any atom is 0.318 e. The molecule has 0 unspecified atom stereocenters. The van der Waals surface area contributed by atoms with E-state index in [4.69, 9.17) is 14.2 Å². The van der Waals surface area contributed by atoms with E-state index in [0.29, 0.717) is 11.3 Å². The zero-order valence-electron chi connectivity index (χ0n) is 19.7. The lowest BCUT2D eigenvalue weighted by molar-refractivity contribution is -0.394. The van der Waals surface area contributed by atoms with Gasteiger partial charge in [-0.05, 0) is 47.5 Å². The summed E-state index contributed by atoms with van der Waals surface area (Å²) in [6, 6.07) is 16.3. The molecule has 0 aromatic heterocycles. The molecule has 0 bridgehead atoms. The molecule has 0 heterocycles. The number of nitrogens with one attached hydrogen (secondary N) is 1. The Labute approximate surface area is 210 Å². The number of carbonyl (C=O) groups is 1. The first-order valence-electron chi connectivity index (χ1n) is 10.6. The second-order valence-corrected chi connectivity index (χ2v) is 7.38. The van der Waals surface area contributed by atoms with Crippen LogP contribution in [0, 0.1) is 31.6 Å². The van der Waals surface area contributed by atoms with Gasteiger partial charge in [0.05, 0.1) is 30.1 Å². The van der Waals surface area contributed by atoms with E-state index >= 15 is 0 Å². The number of ether oxygens (including phenoxy) is 3. The highest BCUT2D eigenvalue weighted by Crippen LogP contribution is 2.38. The van der Waals surface area contributed by atoms with Crippen molar-refractivity contribution in [2.45, 2.75) is 6.54 Å². The first-order valence-corrected chi connectivity index (χ1v) is 10.6. The summed E-state index contributed by atoms with van der Waals surface area (Å²) in [6.07, 6.45) is 1.35. The second kappa shape index (κ2) is 11.8. The molecule has 3 aromatic carbocycles. The predicted octanol–water partition coefficient (Wildman–Crippen LogP) is 4.54. The minimum absolute atomic E-state index is 0.0825. The van der Waals surface area contributed by atoms with E-state index in [-0.39, 0.29) is 29.4 Å². The van der Waals surface area contributed by atoms with Crippen molar-refractivity contribution < 1.29 is 28.9 Å². The van der Waals surface area contributed by atoms with Gasteiger partial charge in [0, 0.05) is 12.6 Å². The summed E-state index contributed by atoms with van der Waals surface area (Å²) >= 11 is 0. The van der Waals surface area contributed by atoms with Crippen molar-refractivity contribution in [2.24, 2.45) is 0 Å². The van der Waals surface area contributed by atoms with Crippen molar-refractivity contribution in [3.8, 4) is 29.1 Å². The maximum absolute atomic E-state index is 12.5. The van der Waals surface area contributed by atoms with Crippen LogP contribution in [-0.4, -0.2) is 30.0 Å². The molecule has 188 valence electrons. The van der Waals surface area contributed by atoms with Gasteiger partial charge in [-0.15, -0.1) is 0 Å². The molecule has 0 aliphatic carbocycles. The van der Waals surface area contributed by atoms with Crippen molar-refractivity contribution in [1.82, 2.24) is 5.32 Å². The van der Waals surface area contributed by atoms with Crippen LogP contribution in [-0.2, 0) is 11.3 Å². The van der Waals surface area contributed by atoms with E-state index in [9.17, 15) is 30.3 Å². The molecule has 0 aliphatic heterocycles. The molecule has 0 spiro atoms. The number of hydrogen-bond acceptors (Lipinski definition) is 9. The molecule has 12 nitrogen and oxygen atoms in total. The summed E-state index contributed by atoms with van der Waals surface area (Å²) in [7, 11) is 2.89. The highest BCUT2D eigenvalue weighted by molar-refractivity contribution is 6.01. The second-order valence-electron chi connectivity index (χ2n) is 7.38. The Balaban J connectivity index is 1.80. The van der Waals surface area contributed by atoms with Crippen LogP contribution in [0.25, 0.3) is 6.08 Å². The highest BCUT2D eigenvalue weighted by Gasteiger charge is 2.22. The van der Waals surface area contributed by atoms with E-state index in [1.165, 1.54) is 31.4 Å². The molecule has 3 rings (SSSR count). The Hall–Kier alpha value is -5.44. The van der Waals surface area contributed by atoms with Crippen molar-refractivity contribution in [3.05, 3.63) is 97.6 Å². The van der Waals surface area contributed by atoms with E-state index in [2.05, 4.69) is 5.32 Å². The number of nitriles is 1. The third kappa shape index (κ3) is 6.58. The lowest BCUT2D eigenvalue weighted by Crippen LogP contribution is -2.23. The molecule has 12 heteroatoms. The molecular formula is C25H20N4O8. The average Bonchev–Trinajstić information content (AvgIpc) is 2.91. The van der Waals surface area contributed by atoms with Crippen LogP contribution in [0.15, 0.2) is 66.2 Å². The third-order valence-corrected chi connectivity index (χ3v) is 5.05. The highest BCUT2D eigenvalue weighted by atomic mass is 16.6.